The van der Waals surface area contributed by atoms with Gasteiger partial charge in [0.25, 0.3) is 0 Å². The lowest BCUT2D eigenvalue weighted by atomic mass is 9.79. The lowest BCUT2D eigenvalue weighted by Crippen LogP contribution is -2.47. The number of hydrogen-bond acceptors (Lipinski definition) is 4. The third kappa shape index (κ3) is 2.43. The maximum atomic E-state index is 15.0. The van der Waals surface area contributed by atoms with Crippen LogP contribution < -0.4 is 0 Å². The van der Waals surface area contributed by atoms with Gasteiger partial charge in [0, 0.05) is 5.56 Å². The van der Waals surface area contributed by atoms with Gasteiger partial charge < -0.3 is 0 Å². The Hall–Kier alpha value is -2.90. The number of nitrogens with zero attached hydrogens (tertiary/aromatic N) is 4. The Bertz CT molecular complexity index is 1100. The summed E-state index contributed by atoms with van der Waals surface area (Å²) in [5.41, 5.74) is -2.53. The highest BCUT2D eigenvalue weighted by atomic mass is 19.3. The van der Waals surface area contributed by atoms with Crippen LogP contribution in [-0.2, 0) is 5.92 Å². The summed E-state index contributed by atoms with van der Waals surface area (Å²) in [6.07, 6.45) is -0.0348. The number of aromatic nitrogens is 3. The minimum Gasteiger partial charge on any atom is -0.268 e. The largest absolute Gasteiger partial charge is 0.301 e. The fourth-order valence-corrected chi connectivity index (χ4v) is 3.19. The van der Waals surface area contributed by atoms with Crippen LogP contribution in [0, 0.1) is 11.6 Å². The highest BCUT2D eigenvalue weighted by Gasteiger charge is 2.56. The molecule has 0 radical (unpaired) electrons. The average molecular weight is 374 g/mol. The molecule has 4 nitrogen and oxygen atoms in total. The normalized spacial score (nSPS) is 21.0. The molecule has 1 aliphatic rings. The lowest BCUT2D eigenvalue weighted by molar-refractivity contribution is -0.0797. The molecule has 1 aromatic heterocycles. The van der Waals surface area contributed by atoms with Gasteiger partial charge in [-0.25, -0.2) is 13.8 Å². The van der Waals surface area contributed by atoms with Crippen LogP contribution in [-0.4, -0.2) is 26.4 Å². The van der Waals surface area contributed by atoms with E-state index in [1.807, 2.05) is 0 Å². The highest BCUT2D eigenvalue weighted by molar-refractivity contribution is 6.13. The fraction of sp³-hybridized carbons (Fsp3) is 0.263. The molecule has 27 heavy (non-hydrogen) atoms. The second-order valence-electron chi connectivity index (χ2n) is 6.57. The van der Waals surface area contributed by atoms with Crippen molar-refractivity contribution >= 4 is 16.7 Å². The van der Waals surface area contributed by atoms with E-state index in [0.29, 0.717) is 0 Å². The first kappa shape index (κ1) is 17.5. The van der Waals surface area contributed by atoms with E-state index in [4.69, 9.17) is 0 Å². The molecule has 0 fully saturated rings. The average Bonchev–Trinajstić information content (AvgIpc) is 2.64. The molecule has 1 atom stereocenters. The molecule has 4 rings (SSSR count). The summed E-state index contributed by atoms with van der Waals surface area (Å²) in [5.74, 6) is -5.19. The molecule has 0 bridgehead atoms. The monoisotopic (exact) mass is 374 g/mol. The Morgan fingerprint density at radius 3 is 2.41 bits per heavy atom. The highest BCUT2D eigenvalue weighted by Crippen LogP contribution is 2.49. The van der Waals surface area contributed by atoms with Crippen molar-refractivity contribution in [2.24, 2.45) is 4.99 Å². The Balaban J connectivity index is 2.01. The van der Waals surface area contributed by atoms with Crippen LogP contribution >= 0.6 is 0 Å². The molecule has 0 spiro atoms. The van der Waals surface area contributed by atoms with Gasteiger partial charge in [-0.05, 0) is 31.5 Å². The van der Waals surface area contributed by atoms with Gasteiger partial charge in [-0.2, -0.15) is 8.78 Å². The van der Waals surface area contributed by atoms with Crippen molar-refractivity contribution in [1.82, 2.24) is 15.2 Å². The third-order valence-corrected chi connectivity index (χ3v) is 4.95. The van der Waals surface area contributed by atoms with Crippen molar-refractivity contribution < 1.29 is 17.6 Å². The van der Waals surface area contributed by atoms with Crippen LogP contribution in [0.4, 0.5) is 17.6 Å². The summed E-state index contributed by atoms with van der Waals surface area (Å²) in [4.78, 5) is 8.43. The molecule has 2 heterocycles. The molecular formula is C19H14F4N4. The van der Waals surface area contributed by atoms with Crippen LogP contribution in [0.2, 0.25) is 0 Å². The number of aliphatic imine (C=N–C) groups is 1. The first-order valence-electron chi connectivity index (χ1n) is 8.35. The van der Waals surface area contributed by atoms with E-state index in [1.54, 1.807) is 6.92 Å². The molecular weight excluding hydrogens is 360 g/mol. The maximum Gasteiger partial charge on any atom is 0.301 e. The second kappa shape index (κ2) is 5.80. The van der Waals surface area contributed by atoms with Crippen LogP contribution in [0.15, 0.2) is 41.4 Å². The fourth-order valence-electron chi connectivity index (χ4n) is 3.19. The topological polar surface area (TPSA) is 51.0 Å². The zero-order valence-corrected chi connectivity index (χ0v) is 14.5. The molecule has 0 amide bonds. The molecule has 8 heteroatoms. The van der Waals surface area contributed by atoms with Crippen LogP contribution in [0.1, 0.15) is 37.2 Å². The van der Waals surface area contributed by atoms with E-state index in [0.717, 1.165) is 6.07 Å². The van der Waals surface area contributed by atoms with Crippen LogP contribution in [0.5, 0.6) is 0 Å². The van der Waals surface area contributed by atoms with E-state index < -0.39 is 28.7 Å². The summed E-state index contributed by atoms with van der Waals surface area (Å²) in [6, 6.07) is 7.86. The van der Waals surface area contributed by atoms with Crippen molar-refractivity contribution in [2.45, 2.75) is 31.7 Å². The first-order valence-corrected chi connectivity index (χ1v) is 8.35. The van der Waals surface area contributed by atoms with Gasteiger partial charge in [0.2, 0.25) is 5.82 Å². The van der Waals surface area contributed by atoms with Gasteiger partial charge in [-0.1, -0.05) is 25.1 Å². The van der Waals surface area contributed by atoms with Crippen molar-refractivity contribution in [1.29, 1.82) is 0 Å². The summed E-state index contributed by atoms with van der Waals surface area (Å²) in [7, 11) is 0. The van der Waals surface area contributed by atoms with Crippen molar-refractivity contribution in [3.63, 3.8) is 0 Å². The third-order valence-electron chi connectivity index (χ3n) is 4.95. The van der Waals surface area contributed by atoms with E-state index in [2.05, 4.69) is 20.2 Å². The van der Waals surface area contributed by atoms with Crippen molar-refractivity contribution in [2.75, 3.05) is 0 Å². The molecule has 0 N–H and O–H groups in total. The number of fused-ring (bicyclic) bond motifs is 2. The molecule has 3 aromatic rings. The molecule has 0 saturated heterocycles. The Morgan fingerprint density at radius 1 is 0.963 bits per heavy atom. The van der Waals surface area contributed by atoms with E-state index in [9.17, 15) is 8.78 Å². The Morgan fingerprint density at radius 2 is 1.67 bits per heavy atom. The molecule has 1 unspecified atom stereocenters. The second-order valence-corrected chi connectivity index (χ2v) is 6.57. The minimum atomic E-state index is -3.51. The number of benzene rings is 2. The Labute approximate surface area is 152 Å². The predicted octanol–water partition coefficient (Wildman–Crippen LogP) is 4.41. The molecule has 138 valence electrons. The van der Waals surface area contributed by atoms with Gasteiger partial charge in [0.15, 0.2) is 5.82 Å². The SMILES string of the molecule is CCC1(C)N=C(c2nnc3c(F)cccc3n2)c2cccc(F)c2C1(F)F. The van der Waals surface area contributed by atoms with E-state index in [1.165, 1.54) is 37.3 Å². The molecule has 2 aromatic carbocycles. The van der Waals surface area contributed by atoms with Gasteiger partial charge in [-0.15, -0.1) is 10.2 Å². The number of rotatable bonds is 2. The zero-order chi connectivity index (χ0) is 19.4. The standard InChI is InChI=1S/C19H14F4N4/c1-3-18(2)19(22,23)14-10(6-4-7-11(14)20)15(25-18)17-24-13-9-5-8-12(21)16(13)26-27-17/h4-9H,3H2,1-2H3. The lowest BCUT2D eigenvalue weighted by Gasteiger charge is -2.38. The summed E-state index contributed by atoms with van der Waals surface area (Å²) >= 11 is 0. The minimum absolute atomic E-state index is 0.0124. The number of alkyl halides is 2. The van der Waals surface area contributed by atoms with Crippen molar-refractivity contribution in [3.05, 3.63) is 65.0 Å². The van der Waals surface area contributed by atoms with Gasteiger partial charge in [-0.3, -0.25) is 4.99 Å². The zero-order valence-electron chi connectivity index (χ0n) is 14.5. The smallest absolute Gasteiger partial charge is 0.268 e. The summed E-state index contributed by atoms with van der Waals surface area (Å²) in [5, 5.41) is 7.68. The molecule has 0 saturated carbocycles. The number of hydrogen-bond donors (Lipinski definition) is 0. The van der Waals surface area contributed by atoms with Crippen molar-refractivity contribution in [3.8, 4) is 0 Å². The van der Waals surface area contributed by atoms with E-state index in [-0.39, 0.29) is 34.6 Å². The van der Waals surface area contributed by atoms with E-state index >= 15 is 8.78 Å². The maximum absolute atomic E-state index is 15.0. The first-order chi connectivity index (χ1) is 12.8. The van der Waals surface area contributed by atoms with Gasteiger partial charge in [0.1, 0.15) is 22.6 Å². The number of halogens is 4. The van der Waals surface area contributed by atoms with Gasteiger partial charge >= 0.3 is 5.92 Å². The van der Waals surface area contributed by atoms with Gasteiger partial charge in [0.05, 0.1) is 11.1 Å². The molecule has 1 aliphatic heterocycles. The molecule has 0 aliphatic carbocycles. The summed E-state index contributed by atoms with van der Waals surface area (Å²) < 4.78 is 58.3. The Kier molecular flexibility index (Phi) is 3.76. The quantitative estimate of drug-likeness (QED) is 0.624. The predicted molar refractivity (Wildman–Crippen MR) is 91.9 cm³/mol. The van der Waals surface area contributed by atoms with Crippen LogP contribution in [0.3, 0.4) is 0 Å². The summed E-state index contributed by atoms with van der Waals surface area (Å²) in [6.45, 7) is 2.81. The van der Waals surface area contributed by atoms with Crippen LogP contribution in [0.25, 0.3) is 11.0 Å².